The van der Waals surface area contributed by atoms with Gasteiger partial charge in [0, 0.05) is 38.2 Å². The van der Waals surface area contributed by atoms with E-state index in [9.17, 15) is 14.4 Å². The quantitative estimate of drug-likeness (QED) is 0.876. The van der Waals surface area contributed by atoms with E-state index in [4.69, 9.17) is 4.74 Å². The van der Waals surface area contributed by atoms with Gasteiger partial charge in [-0.1, -0.05) is 12.1 Å². The second kappa shape index (κ2) is 8.46. The number of hydrogen-bond donors (Lipinski definition) is 1. The van der Waals surface area contributed by atoms with Crippen LogP contribution < -0.4 is 5.56 Å². The van der Waals surface area contributed by atoms with E-state index in [1.54, 1.807) is 16.7 Å². The molecule has 1 aromatic carbocycles. The van der Waals surface area contributed by atoms with Crippen molar-refractivity contribution < 1.29 is 14.3 Å². The van der Waals surface area contributed by atoms with Crippen LogP contribution in [0.25, 0.3) is 10.9 Å². The maximum Gasteiger partial charge on any atom is 0.409 e. The Morgan fingerprint density at radius 2 is 1.79 bits per heavy atom. The topological polar surface area (TPSA) is 82.7 Å². The zero-order chi connectivity index (χ0) is 20.3. The van der Waals surface area contributed by atoms with Gasteiger partial charge in [0.15, 0.2) is 0 Å². The molecule has 2 amide bonds. The summed E-state index contributed by atoms with van der Waals surface area (Å²) < 4.78 is 4.99. The van der Waals surface area contributed by atoms with Crippen molar-refractivity contribution in [2.45, 2.75) is 33.6 Å². The van der Waals surface area contributed by atoms with Crippen molar-refractivity contribution in [3.05, 3.63) is 45.2 Å². The second-order valence-electron chi connectivity index (χ2n) is 7.16. The molecule has 2 heterocycles. The number of aromatic nitrogens is 1. The number of nitrogens with one attached hydrogen (secondary N) is 1. The molecule has 150 valence electrons. The number of ether oxygens (including phenoxy) is 1. The van der Waals surface area contributed by atoms with E-state index in [0.717, 1.165) is 22.0 Å². The van der Waals surface area contributed by atoms with Crippen molar-refractivity contribution in [1.82, 2.24) is 14.8 Å². The number of fused-ring (bicyclic) bond motifs is 1. The number of amides is 2. The van der Waals surface area contributed by atoms with Gasteiger partial charge in [-0.3, -0.25) is 9.59 Å². The van der Waals surface area contributed by atoms with Crippen molar-refractivity contribution in [3.8, 4) is 0 Å². The summed E-state index contributed by atoms with van der Waals surface area (Å²) in [6.45, 7) is 8.05. The molecule has 1 N–H and O–H groups in total. The zero-order valence-corrected chi connectivity index (χ0v) is 16.7. The second-order valence-corrected chi connectivity index (χ2v) is 7.16. The molecule has 1 aliphatic rings. The largest absolute Gasteiger partial charge is 0.450 e. The highest BCUT2D eigenvalue weighted by Crippen LogP contribution is 2.19. The van der Waals surface area contributed by atoms with Crippen molar-refractivity contribution >= 4 is 22.9 Å². The summed E-state index contributed by atoms with van der Waals surface area (Å²) in [5, 5.41) is 0.980. The maximum atomic E-state index is 12.5. The number of pyridine rings is 1. The minimum absolute atomic E-state index is 0.00286. The van der Waals surface area contributed by atoms with Gasteiger partial charge in [-0.15, -0.1) is 0 Å². The summed E-state index contributed by atoms with van der Waals surface area (Å²) in [7, 11) is 0. The summed E-state index contributed by atoms with van der Waals surface area (Å²) in [5.41, 5.74) is 3.54. The van der Waals surface area contributed by atoms with Crippen LogP contribution in [0.4, 0.5) is 4.79 Å². The monoisotopic (exact) mass is 385 g/mol. The number of nitrogens with zero attached hydrogens (tertiary/aromatic N) is 2. The molecule has 1 aromatic heterocycles. The number of carbonyl (C=O) groups excluding carboxylic acids is 2. The van der Waals surface area contributed by atoms with Gasteiger partial charge < -0.3 is 19.5 Å². The van der Waals surface area contributed by atoms with Crippen LogP contribution in [0.1, 0.15) is 30.0 Å². The number of H-pyrrole nitrogens is 1. The van der Waals surface area contributed by atoms with Crippen LogP contribution in [0, 0.1) is 13.8 Å². The molecule has 0 radical (unpaired) electrons. The van der Waals surface area contributed by atoms with Crippen LogP contribution >= 0.6 is 0 Å². The fourth-order valence-electron chi connectivity index (χ4n) is 3.51. The number of hydrogen-bond acceptors (Lipinski definition) is 4. The fraction of sp³-hybridized carbons (Fsp3) is 0.476. The Labute approximate surface area is 164 Å². The average molecular weight is 385 g/mol. The first kappa shape index (κ1) is 19.9. The SMILES string of the molecule is CCOC(=O)N1CCN(C(=O)CCc2cc3ccc(C)c(C)c3[nH]c2=O)CC1. The Balaban J connectivity index is 1.61. The molecule has 7 nitrogen and oxygen atoms in total. The number of rotatable bonds is 4. The van der Waals surface area contributed by atoms with E-state index in [1.165, 1.54) is 0 Å². The third kappa shape index (κ3) is 4.18. The van der Waals surface area contributed by atoms with Gasteiger partial charge in [0.05, 0.1) is 12.1 Å². The summed E-state index contributed by atoms with van der Waals surface area (Å²) in [5.74, 6) is 0.00286. The molecule has 3 rings (SSSR count). The van der Waals surface area contributed by atoms with E-state index < -0.39 is 0 Å². The molecular weight excluding hydrogens is 358 g/mol. The first-order chi connectivity index (χ1) is 13.4. The lowest BCUT2D eigenvalue weighted by atomic mass is 10.0. The molecule has 1 saturated heterocycles. The lowest BCUT2D eigenvalue weighted by Gasteiger charge is -2.34. The number of aryl methyl sites for hydroxylation is 3. The van der Waals surface area contributed by atoms with E-state index in [0.29, 0.717) is 44.8 Å². The molecule has 28 heavy (non-hydrogen) atoms. The van der Waals surface area contributed by atoms with E-state index >= 15 is 0 Å². The Morgan fingerprint density at radius 1 is 1.11 bits per heavy atom. The van der Waals surface area contributed by atoms with Gasteiger partial charge in [0.25, 0.3) is 5.56 Å². The van der Waals surface area contributed by atoms with E-state index in [1.807, 2.05) is 32.0 Å². The minimum Gasteiger partial charge on any atom is -0.450 e. The lowest BCUT2D eigenvalue weighted by Crippen LogP contribution is -2.50. The third-order valence-corrected chi connectivity index (χ3v) is 5.39. The Kier molecular flexibility index (Phi) is 6.02. The molecule has 1 aliphatic heterocycles. The lowest BCUT2D eigenvalue weighted by molar-refractivity contribution is -0.132. The predicted octanol–water partition coefficient (Wildman–Crippen LogP) is 2.38. The van der Waals surface area contributed by atoms with Crippen molar-refractivity contribution in [2.75, 3.05) is 32.8 Å². The fourth-order valence-corrected chi connectivity index (χ4v) is 3.51. The standard InChI is InChI=1S/C21H27N3O4/c1-4-28-21(27)24-11-9-23(10-12-24)18(25)8-7-17-13-16-6-5-14(2)15(3)19(16)22-20(17)26/h5-6,13H,4,7-12H2,1-3H3,(H,22,26). The molecule has 0 atom stereocenters. The van der Waals surface area contributed by atoms with Crippen LogP contribution in [0.3, 0.4) is 0 Å². The third-order valence-electron chi connectivity index (χ3n) is 5.39. The smallest absolute Gasteiger partial charge is 0.409 e. The Hall–Kier alpha value is -2.83. The Morgan fingerprint density at radius 3 is 2.46 bits per heavy atom. The highest BCUT2D eigenvalue weighted by molar-refractivity contribution is 5.83. The number of benzene rings is 1. The first-order valence-corrected chi connectivity index (χ1v) is 9.72. The highest BCUT2D eigenvalue weighted by Gasteiger charge is 2.24. The minimum atomic E-state index is -0.331. The van der Waals surface area contributed by atoms with E-state index in [2.05, 4.69) is 4.98 Å². The van der Waals surface area contributed by atoms with Gasteiger partial charge in [-0.05, 0) is 49.8 Å². The van der Waals surface area contributed by atoms with Crippen LogP contribution in [0.5, 0.6) is 0 Å². The van der Waals surface area contributed by atoms with Gasteiger partial charge >= 0.3 is 6.09 Å². The van der Waals surface area contributed by atoms with Crippen LogP contribution in [0.2, 0.25) is 0 Å². The van der Waals surface area contributed by atoms with Crippen LogP contribution in [-0.4, -0.2) is 59.6 Å². The molecule has 1 fully saturated rings. The molecular formula is C21H27N3O4. The molecule has 0 saturated carbocycles. The van der Waals surface area contributed by atoms with Gasteiger partial charge in [0.2, 0.25) is 5.91 Å². The van der Waals surface area contributed by atoms with Crippen molar-refractivity contribution in [1.29, 1.82) is 0 Å². The molecule has 2 aromatic rings. The van der Waals surface area contributed by atoms with Gasteiger partial charge in [0.1, 0.15) is 0 Å². The summed E-state index contributed by atoms with van der Waals surface area (Å²) >= 11 is 0. The van der Waals surface area contributed by atoms with Crippen molar-refractivity contribution in [2.24, 2.45) is 0 Å². The molecule has 7 heteroatoms. The van der Waals surface area contributed by atoms with Crippen LogP contribution in [0.15, 0.2) is 23.0 Å². The average Bonchev–Trinajstić information content (AvgIpc) is 2.70. The maximum absolute atomic E-state index is 12.5. The van der Waals surface area contributed by atoms with Gasteiger partial charge in [-0.2, -0.15) is 0 Å². The number of piperazine rings is 1. The summed E-state index contributed by atoms with van der Waals surface area (Å²) in [6, 6.07) is 5.91. The molecule has 0 bridgehead atoms. The molecule has 0 unspecified atom stereocenters. The zero-order valence-electron chi connectivity index (χ0n) is 16.7. The number of aromatic amines is 1. The van der Waals surface area contributed by atoms with Gasteiger partial charge in [-0.25, -0.2) is 4.79 Å². The summed E-state index contributed by atoms with van der Waals surface area (Å²) in [6.07, 6.45) is 0.344. The molecule has 0 spiro atoms. The Bertz CT molecular complexity index is 943. The van der Waals surface area contributed by atoms with Crippen molar-refractivity contribution in [3.63, 3.8) is 0 Å². The normalized spacial score (nSPS) is 14.4. The first-order valence-electron chi connectivity index (χ1n) is 9.72. The highest BCUT2D eigenvalue weighted by atomic mass is 16.6. The molecule has 0 aliphatic carbocycles. The van der Waals surface area contributed by atoms with E-state index in [-0.39, 0.29) is 24.0 Å². The summed E-state index contributed by atoms with van der Waals surface area (Å²) in [4.78, 5) is 43.0. The number of carbonyl (C=O) groups is 2. The van der Waals surface area contributed by atoms with Crippen LogP contribution in [-0.2, 0) is 16.0 Å². The predicted molar refractivity (Wildman–Crippen MR) is 108 cm³/mol.